The first kappa shape index (κ1) is 18.7. The zero-order chi connectivity index (χ0) is 18.9. The quantitative estimate of drug-likeness (QED) is 0.864. The number of aromatic hydroxyl groups is 1. The van der Waals surface area contributed by atoms with Crippen LogP contribution in [-0.2, 0) is 28.5 Å². The number of nitrogens with zero attached hydrogens (tertiary/aromatic N) is 1. The number of aryl methyl sites for hydroxylation is 2. The predicted molar refractivity (Wildman–Crippen MR) is 105 cm³/mol. The lowest BCUT2D eigenvalue weighted by Gasteiger charge is -2.19. The van der Waals surface area contributed by atoms with Crippen molar-refractivity contribution in [3.8, 4) is 5.75 Å². The second kappa shape index (κ2) is 6.93. The van der Waals surface area contributed by atoms with Crippen molar-refractivity contribution in [1.29, 1.82) is 0 Å². The van der Waals surface area contributed by atoms with Gasteiger partial charge in [0.2, 0.25) is 0 Å². The summed E-state index contributed by atoms with van der Waals surface area (Å²) in [5, 5.41) is 10.3. The van der Waals surface area contributed by atoms with Crippen LogP contribution in [0.25, 0.3) is 0 Å². The Morgan fingerprint density at radius 2 is 1.65 bits per heavy atom. The van der Waals surface area contributed by atoms with Gasteiger partial charge in [-0.15, -0.1) is 0 Å². The van der Waals surface area contributed by atoms with Crippen LogP contribution in [0.15, 0.2) is 42.5 Å². The Morgan fingerprint density at radius 1 is 1.04 bits per heavy atom. The van der Waals surface area contributed by atoms with Crippen molar-refractivity contribution < 1.29 is 13.5 Å². The first-order chi connectivity index (χ1) is 12.2. The lowest BCUT2D eigenvalue weighted by Crippen LogP contribution is -2.29. The standard InChI is InChI=1S/C20H26N2O3S/c1-20(2,3)17-9-6-15(7-10-17)4-5-16-8-11-18(19(23)14-16)22-13-12-21-26(22,24)25/h6-11,14,21,23H,4-5,12-13H2,1-3H3. The van der Waals surface area contributed by atoms with Gasteiger partial charge >= 0.3 is 10.2 Å². The summed E-state index contributed by atoms with van der Waals surface area (Å²) in [5.41, 5.74) is 4.01. The second-order valence-corrected chi connectivity index (χ2v) is 9.42. The summed E-state index contributed by atoms with van der Waals surface area (Å²) < 4.78 is 27.5. The number of rotatable bonds is 4. The molecule has 0 radical (unpaired) electrons. The topological polar surface area (TPSA) is 69.6 Å². The average molecular weight is 375 g/mol. The van der Waals surface area contributed by atoms with Crippen LogP contribution in [-0.4, -0.2) is 26.6 Å². The molecular weight excluding hydrogens is 348 g/mol. The molecule has 0 unspecified atom stereocenters. The van der Waals surface area contributed by atoms with Gasteiger partial charge in [-0.2, -0.15) is 13.1 Å². The minimum atomic E-state index is -3.52. The molecule has 0 spiro atoms. The van der Waals surface area contributed by atoms with Crippen molar-refractivity contribution in [2.75, 3.05) is 17.4 Å². The summed E-state index contributed by atoms with van der Waals surface area (Å²) >= 11 is 0. The van der Waals surface area contributed by atoms with Gasteiger partial charge < -0.3 is 5.11 Å². The van der Waals surface area contributed by atoms with Crippen LogP contribution in [0.1, 0.15) is 37.5 Å². The van der Waals surface area contributed by atoms with Crippen molar-refractivity contribution in [3.63, 3.8) is 0 Å². The number of phenols is 1. The predicted octanol–water partition coefficient (Wildman–Crippen LogP) is 3.13. The summed E-state index contributed by atoms with van der Waals surface area (Å²) in [7, 11) is -3.52. The van der Waals surface area contributed by atoms with Gasteiger partial charge in [-0.1, -0.05) is 51.1 Å². The number of phenolic OH excluding ortho intramolecular Hbond substituents is 1. The monoisotopic (exact) mass is 374 g/mol. The van der Waals surface area contributed by atoms with Crippen LogP contribution in [0, 0.1) is 0 Å². The van der Waals surface area contributed by atoms with E-state index >= 15 is 0 Å². The summed E-state index contributed by atoms with van der Waals surface area (Å²) in [5.74, 6) is -0.00199. The van der Waals surface area contributed by atoms with E-state index in [4.69, 9.17) is 0 Å². The Morgan fingerprint density at radius 3 is 2.19 bits per heavy atom. The average Bonchev–Trinajstić information content (AvgIpc) is 2.92. The van der Waals surface area contributed by atoms with Crippen molar-refractivity contribution in [1.82, 2.24) is 4.72 Å². The molecule has 6 heteroatoms. The molecule has 3 rings (SSSR count). The maximum Gasteiger partial charge on any atom is 0.301 e. The van der Waals surface area contributed by atoms with E-state index in [9.17, 15) is 13.5 Å². The first-order valence-corrected chi connectivity index (χ1v) is 10.3. The summed E-state index contributed by atoms with van der Waals surface area (Å²) in [6.07, 6.45) is 1.65. The van der Waals surface area contributed by atoms with E-state index in [0.717, 1.165) is 18.4 Å². The molecule has 0 atom stereocenters. The Bertz CT molecular complexity index is 884. The molecule has 1 aliphatic rings. The molecule has 0 saturated carbocycles. The van der Waals surface area contributed by atoms with E-state index in [-0.39, 0.29) is 11.2 Å². The van der Waals surface area contributed by atoms with Crippen molar-refractivity contribution in [2.45, 2.75) is 39.0 Å². The van der Waals surface area contributed by atoms with Crippen molar-refractivity contribution >= 4 is 15.9 Å². The highest BCUT2D eigenvalue weighted by Gasteiger charge is 2.29. The van der Waals surface area contributed by atoms with Crippen molar-refractivity contribution in [3.05, 3.63) is 59.2 Å². The molecule has 2 aromatic carbocycles. The fourth-order valence-corrected chi connectivity index (χ4v) is 4.37. The van der Waals surface area contributed by atoms with E-state index in [0.29, 0.717) is 18.8 Å². The number of hydrogen-bond donors (Lipinski definition) is 2. The molecule has 0 bridgehead atoms. The van der Waals surface area contributed by atoms with E-state index in [2.05, 4.69) is 49.8 Å². The number of hydrogen-bond acceptors (Lipinski definition) is 3. The van der Waals surface area contributed by atoms with Crippen LogP contribution in [0.5, 0.6) is 5.75 Å². The Kier molecular flexibility index (Phi) is 4.99. The number of benzene rings is 2. The highest BCUT2D eigenvalue weighted by molar-refractivity contribution is 7.91. The zero-order valence-electron chi connectivity index (χ0n) is 15.5. The highest BCUT2D eigenvalue weighted by Crippen LogP contribution is 2.31. The van der Waals surface area contributed by atoms with Gasteiger partial charge in [0.15, 0.2) is 0 Å². The molecule has 140 valence electrons. The van der Waals surface area contributed by atoms with Crippen LogP contribution in [0.4, 0.5) is 5.69 Å². The third-order valence-corrected chi connectivity index (χ3v) is 6.25. The molecule has 1 heterocycles. The molecule has 2 aromatic rings. The van der Waals surface area contributed by atoms with E-state index in [1.807, 2.05) is 6.07 Å². The van der Waals surface area contributed by atoms with Crippen molar-refractivity contribution in [2.24, 2.45) is 0 Å². The van der Waals surface area contributed by atoms with Gasteiger partial charge in [0, 0.05) is 13.1 Å². The van der Waals surface area contributed by atoms with E-state index < -0.39 is 10.2 Å². The van der Waals surface area contributed by atoms with E-state index in [1.165, 1.54) is 15.4 Å². The normalized spacial score (nSPS) is 16.8. The molecule has 0 aliphatic carbocycles. The van der Waals surface area contributed by atoms with Crippen LogP contribution < -0.4 is 9.03 Å². The van der Waals surface area contributed by atoms with Gasteiger partial charge in [0.1, 0.15) is 5.75 Å². The summed E-state index contributed by atoms with van der Waals surface area (Å²) in [6.45, 7) is 7.27. The fourth-order valence-electron chi connectivity index (χ4n) is 3.12. The fraction of sp³-hybridized carbons (Fsp3) is 0.400. The largest absolute Gasteiger partial charge is 0.506 e. The molecule has 1 saturated heterocycles. The molecule has 0 amide bonds. The Balaban J connectivity index is 1.69. The molecule has 26 heavy (non-hydrogen) atoms. The SMILES string of the molecule is CC(C)(C)c1ccc(CCc2ccc(N3CCNS3(=O)=O)c(O)c2)cc1. The molecule has 5 nitrogen and oxygen atoms in total. The second-order valence-electron chi connectivity index (χ2n) is 7.74. The first-order valence-electron chi connectivity index (χ1n) is 8.85. The number of anilines is 1. The maximum absolute atomic E-state index is 11.9. The smallest absolute Gasteiger partial charge is 0.301 e. The van der Waals surface area contributed by atoms with Crippen LogP contribution in [0.3, 0.4) is 0 Å². The zero-order valence-corrected chi connectivity index (χ0v) is 16.3. The molecule has 1 fully saturated rings. The molecule has 1 aliphatic heterocycles. The minimum Gasteiger partial charge on any atom is -0.506 e. The lowest BCUT2D eigenvalue weighted by molar-refractivity contribution is 0.475. The summed E-state index contributed by atoms with van der Waals surface area (Å²) in [4.78, 5) is 0. The molecular formula is C20H26N2O3S. The molecule has 0 aromatic heterocycles. The van der Waals surface area contributed by atoms with Gasteiger partial charge in [-0.05, 0) is 47.1 Å². The Hall–Kier alpha value is -2.05. The van der Waals surface area contributed by atoms with Crippen LogP contribution in [0.2, 0.25) is 0 Å². The Labute approximate surface area is 155 Å². The number of nitrogens with one attached hydrogen (secondary N) is 1. The minimum absolute atomic E-state index is 0.00199. The van der Waals surface area contributed by atoms with Gasteiger partial charge in [-0.25, -0.2) is 0 Å². The van der Waals surface area contributed by atoms with Gasteiger partial charge in [0.25, 0.3) is 0 Å². The maximum atomic E-state index is 11.9. The highest BCUT2D eigenvalue weighted by atomic mass is 32.2. The van der Waals surface area contributed by atoms with Gasteiger partial charge in [0.05, 0.1) is 5.69 Å². The van der Waals surface area contributed by atoms with Crippen LogP contribution >= 0.6 is 0 Å². The van der Waals surface area contributed by atoms with E-state index in [1.54, 1.807) is 12.1 Å². The molecule has 2 N–H and O–H groups in total. The van der Waals surface area contributed by atoms with Gasteiger partial charge in [-0.3, -0.25) is 4.31 Å². The third-order valence-electron chi connectivity index (χ3n) is 4.72. The lowest BCUT2D eigenvalue weighted by atomic mass is 9.86. The third kappa shape index (κ3) is 4.02. The summed E-state index contributed by atoms with van der Waals surface area (Å²) in [6, 6.07) is 13.9.